The van der Waals surface area contributed by atoms with Gasteiger partial charge in [0.2, 0.25) is 0 Å². The monoisotopic (exact) mass is 285 g/mol. The van der Waals surface area contributed by atoms with Gasteiger partial charge in [-0.2, -0.15) is 5.10 Å². The Kier molecular flexibility index (Phi) is 4.77. The molecule has 110 valence electrons. The van der Waals surface area contributed by atoms with E-state index in [1.807, 2.05) is 55.9 Å². The van der Waals surface area contributed by atoms with Crippen LogP contribution >= 0.6 is 0 Å². The van der Waals surface area contributed by atoms with Crippen LogP contribution in [0, 0.1) is 13.8 Å². The number of hydrazone groups is 1. The van der Waals surface area contributed by atoms with E-state index in [0.717, 1.165) is 16.8 Å². The summed E-state index contributed by atoms with van der Waals surface area (Å²) in [6.45, 7) is 3.92. The highest BCUT2D eigenvalue weighted by molar-refractivity contribution is 5.81. The first kappa shape index (κ1) is 14.8. The molecular weight excluding hydrogens is 266 g/mol. The van der Waals surface area contributed by atoms with E-state index in [9.17, 15) is 4.79 Å². The molecule has 0 unspecified atom stereocenters. The molecule has 1 N–H and O–H groups in total. The van der Waals surface area contributed by atoms with Crippen LogP contribution in [0.4, 0.5) is 0 Å². The first-order valence-electron chi connectivity index (χ1n) is 6.69. The third-order valence-electron chi connectivity index (χ3n) is 2.94. The lowest BCUT2D eigenvalue weighted by molar-refractivity contribution is -0.123. The fourth-order valence-corrected chi connectivity index (χ4v) is 1.98. The Morgan fingerprint density at radius 2 is 2.05 bits per heavy atom. The molecule has 0 radical (unpaired) electrons. The largest absolute Gasteiger partial charge is 0.484 e. The van der Waals surface area contributed by atoms with Gasteiger partial charge in [-0.05, 0) is 49.2 Å². The van der Waals surface area contributed by atoms with Crippen molar-refractivity contribution in [1.29, 1.82) is 0 Å². The second-order valence-electron chi connectivity index (χ2n) is 4.95. The van der Waals surface area contributed by atoms with Gasteiger partial charge >= 0.3 is 0 Å². The molecule has 2 aromatic rings. The quantitative estimate of drug-likeness (QED) is 0.676. The molecule has 0 saturated carbocycles. The lowest BCUT2D eigenvalue weighted by Gasteiger charge is -2.07. The van der Waals surface area contributed by atoms with Crippen molar-refractivity contribution in [2.45, 2.75) is 13.8 Å². The van der Waals surface area contributed by atoms with E-state index in [0.29, 0.717) is 5.75 Å². The Labute approximate surface area is 124 Å². The van der Waals surface area contributed by atoms with E-state index < -0.39 is 0 Å². The standard InChI is InChI=1S/C16H19N3O2/c1-12-7-13(2)9-15(8-12)21-11-16(20)18-17-10-14-5-4-6-19(14)3/h4-10H,11H2,1-3H3,(H,18,20)/b17-10+. The summed E-state index contributed by atoms with van der Waals surface area (Å²) < 4.78 is 7.35. The molecule has 1 amide bonds. The second kappa shape index (κ2) is 6.74. The van der Waals surface area contributed by atoms with Gasteiger partial charge in [-0.3, -0.25) is 4.79 Å². The van der Waals surface area contributed by atoms with Crippen LogP contribution in [0.5, 0.6) is 5.75 Å². The topological polar surface area (TPSA) is 55.6 Å². The average Bonchev–Trinajstić information content (AvgIpc) is 2.81. The number of hydrogen-bond donors (Lipinski definition) is 1. The molecule has 1 aromatic heterocycles. The van der Waals surface area contributed by atoms with Gasteiger partial charge in [-0.15, -0.1) is 0 Å². The maximum absolute atomic E-state index is 11.6. The number of nitrogens with zero attached hydrogens (tertiary/aromatic N) is 2. The molecule has 0 fully saturated rings. The van der Waals surface area contributed by atoms with Crippen LogP contribution in [0.3, 0.4) is 0 Å². The normalized spacial score (nSPS) is 10.8. The van der Waals surface area contributed by atoms with Crippen LogP contribution < -0.4 is 10.2 Å². The third kappa shape index (κ3) is 4.49. The fourth-order valence-electron chi connectivity index (χ4n) is 1.98. The summed E-state index contributed by atoms with van der Waals surface area (Å²) in [5.74, 6) is 0.397. The molecular formula is C16H19N3O2. The van der Waals surface area contributed by atoms with Crippen molar-refractivity contribution in [3.8, 4) is 5.75 Å². The number of nitrogens with one attached hydrogen (secondary N) is 1. The molecule has 0 aliphatic heterocycles. The van der Waals surface area contributed by atoms with E-state index in [2.05, 4.69) is 16.6 Å². The van der Waals surface area contributed by atoms with Gasteiger partial charge in [-0.25, -0.2) is 5.43 Å². The molecule has 0 aliphatic carbocycles. The van der Waals surface area contributed by atoms with E-state index in [1.54, 1.807) is 6.21 Å². The number of amides is 1. The zero-order chi connectivity index (χ0) is 15.2. The number of carbonyl (C=O) groups is 1. The highest BCUT2D eigenvalue weighted by atomic mass is 16.5. The highest BCUT2D eigenvalue weighted by Gasteiger charge is 2.02. The van der Waals surface area contributed by atoms with Gasteiger partial charge in [0.05, 0.1) is 11.9 Å². The Morgan fingerprint density at radius 1 is 1.33 bits per heavy atom. The number of aromatic nitrogens is 1. The predicted molar refractivity (Wildman–Crippen MR) is 82.6 cm³/mol. The van der Waals surface area contributed by atoms with Crippen LogP contribution in [-0.4, -0.2) is 23.3 Å². The molecule has 1 aromatic carbocycles. The number of carbonyl (C=O) groups excluding carboxylic acids is 1. The Bertz CT molecular complexity index is 639. The van der Waals surface area contributed by atoms with Crippen molar-refractivity contribution in [3.05, 3.63) is 53.3 Å². The number of rotatable bonds is 5. The Balaban J connectivity index is 1.82. The summed E-state index contributed by atoms with van der Waals surface area (Å²) >= 11 is 0. The number of hydrogen-bond acceptors (Lipinski definition) is 3. The molecule has 0 atom stereocenters. The smallest absolute Gasteiger partial charge is 0.277 e. The number of ether oxygens (including phenoxy) is 1. The number of benzene rings is 1. The third-order valence-corrected chi connectivity index (χ3v) is 2.94. The fraction of sp³-hybridized carbons (Fsp3) is 0.250. The van der Waals surface area contributed by atoms with E-state index in [-0.39, 0.29) is 12.5 Å². The summed E-state index contributed by atoms with van der Waals surface area (Å²) in [5, 5.41) is 3.90. The zero-order valence-corrected chi connectivity index (χ0v) is 12.5. The van der Waals surface area contributed by atoms with E-state index in [1.165, 1.54) is 0 Å². The van der Waals surface area contributed by atoms with Gasteiger partial charge in [0.1, 0.15) is 5.75 Å². The lowest BCUT2D eigenvalue weighted by atomic mass is 10.1. The van der Waals surface area contributed by atoms with Crippen LogP contribution in [0.25, 0.3) is 0 Å². The maximum atomic E-state index is 11.6. The lowest BCUT2D eigenvalue weighted by Crippen LogP contribution is -2.24. The van der Waals surface area contributed by atoms with Crippen molar-refractivity contribution >= 4 is 12.1 Å². The van der Waals surface area contributed by atoms with Crippen molar-refractivity contribution in [2.75, 3.05) is 6.61 Å². The highest BCUT2D eigenvalue weighted by Crippen LogP contribution is 2.15. The van der Waals surface area contributed by atoms with Crippen molar-refractivity contribution in [1.82, 2.24) is 9.99 Å². The summed E-state index contributed by atoms with van der Waals surface area (Å²) in [7, 11) is 1.91. The van der Waals surface area contributed by atoms with Gasteiger partial charge in [0.15, 0.2) is 6.61 Å². The number of aryl methyl sites for hydroxylation is 3. The Hall–Kier alpha value is -2.56. The SMILES string of the molecule is Cc1cc(C)cc(OCC(=O)N/N=C/c2cccn2C)c1. The van der Waals surface area contributed by atoms with Crippen molar-refractivity contribution < 1.29 is 9.53 Å². The van der Waals surface area contributed by atoms with E-state index in [4.69, 9.17) is 4.74 Å². The average molecular weight is 285 g/mol. The van der Waals surface area contributed by atoms with Gasteiger partial charge in [0, 0.05) is 13.2 Å². The van der Waals surface area contributed by atoms with Crippen LogP contribution in [-0.2, 0) is 11.8 Å². The molecule has 2 rings (SSSR count). The Morgan fingerprint density at radius 3 is 2.67 bits per heavy atom. The summed E-state index contributed by atoms with van der Waals surface area (Å²) in [5.41, 5.74) is 5.56. The summed E-state index contributed by atoms with van der Waals surface area (Å²) in [4.78, 5) is 11.6. The molecule has 21 heavy (non-hydrogen) atoms. The zero-order valence-electron chi connectivity index (χ0n) is 12.5. The van der Waals surface area contributed by atoms with Crippen LogP contribution in [0.15, 0.2) is 41.6 Å². The minimum atomic E-state index is -0.292. The van der Waals surface area contributed by atoms with Crippen molar-refractivity contribution in [2.24, 2.45) is 12.1 Å². The molecule has 0 spiro atoms. The first-order chi connectivity index (χ1) is 10.0. The van der Waals surface area contributed by atoms with Crippen LogP contribution in [0.1, 0.15) is 16.8 Å². The molecule has 5 heteroatoms. The summed E-state index contributed by atoms with van der Waals surface area (Å²) in [6, 6.07) is 9.66. The van der Waals surface area contributed by atoms with Crippen molar-refractivity contribution in [3.63, 3.8) is 0 Å². The molecule has 1 heterocycles. The second-order valence-corrected chi connectivity index (χ2v) is 4.95. The van der Waals surface area contributed by atoms with Gasteiger partial charge in [0.25, 0.3) is 5.91 Å². The predicted octanol–water partition coefficient (Wildman–Crippen LogP) is 2.17. The molecule has 0 aliphatic rings. The van der Waals surface area contributed by atoms with Gasteiger partial charge in [-0.1, -0.05) is 6.07 Å². The van der Waals surface area contributed by atoms with Crippen LogP contribution in [0.2, 0.25) is 0 Å². The minimum absolute atomic E-state index is 0.0621. The molecule has 5 nitrogen and oxygen atoms in total. The van der Waals surface area contributed by atoms with E-state index >= 15 is 0 Å². The van der Waals surface area contributed by atoms with Gasteiger partial charge < -0.3 is 9.30 Å². The first-order valence-corrected chi connectivity index (χ1v) is 6.69. The molecule has 0 saturated heterocycles. The minimum Gasteiger partial charge on any atom is -0.484 e. The molecule has 0 bridgehead atoms. The maximum Gasteiger partial charge on any atom is 0.277 e. The summed E-state index contributed by atoms with van der Waals surface area (Å²) in [6.07, 6.45) is 3.50.